The van der Waals surface area contributed by atoms with Crippen LogP contribution in [-0.2, 0) is 38.1 Å². The highest BCUT2D eigenvalue weighted by molar-refractivity contribution is 14.1. The van der Waals surface area contributed by atoms with Crippen LogP contribution in [0, 0.1) is 16.2 Å². The van der Waals surface area contributed by atoms with Crippen LogP contribution in [0.1, 0.15) is 88.5 Å². The summed E-state index contributed by atoms with van der Waals surface area (Å²) in [5.74, 6) is -1.51. The molecule has 1 fully saturated rings. The van der Waals surface area contributed by atoms with Gasteiger partial charge in [0, 0.05) is 18.7 Å². The topological polar surface area (TPSA) is 108 Å². The average Bonchev–Trinajstić information content (AvgIpc) is 2.76. The molecule has 0 aliphatic carbocycles. The Morgan fingerprint density at radius 2 is 1.37 bits per heavy atom. The second-order valence-electron chi connectivity index (χ2n) is 13.2. The lowest BCUT2D eigenvalue weighted by atomic mass is 9.93. The molecule has 216 valence electrons. The highest BCUT2D eigenvalue weighted by Crippen LogP contribution is 2.36. The molecule has 0 spiro atoms. The van der Waals surface area contributed by atoms with E-state index in [2.05, 4.69) is 0 Å². The summed E-state index contributed by atoms with van der Waals surface area (Å²) in [7, 11) is 0. The molecule has 0 aromatic rings. The highest BCUT2D eigenvalue weighted by Gasteiger charge is 2.52. The van der Waals surface area contributed by atoms with Crippen molar-refractivity contribution in [1.29, 1.82) is 0 Å². The first-order valence-electron chi connectivity index (χ1n) is 13.2. The zero-order valence-corrected chi connectivity index (χ0v) is 26.5. The number of Topliss-reactive ketones (excluding diaryl/α,β-unsaturated/α-hetero) is 1. The van der Waals surface area contributed by atoms with Gasteiger partial charge in [0.25, 0.3) is 0 Å². The first-order chi connectivity index (χ1) is 17.3. The molecule has 2 aliphatic rings. The second kappa shape index (κ2) is 12.2. The van der Waals surface area contributed by atoms with Crippen molar-refractivity contribution in [3.05, 3.63) is 9.78 Å². The SMILES string of the molecule is CCC[C@H]1CC(=O)C(I)=CN1[C@H]1OC[C@@H](OC(=O)C(C)(C)C)[C@@H](OC(=O)C(C)(C)C)[C@@H]1OC(=O)C(C)(C)C. The molecule has 0 unspecified atom stereocenters. The van der Waals surface area contributed by atoms with Gasteiger partial charge in [-0.15, -0.1) is 0 Å². The lowest BCUT2D eigenvalue weighted by Gasteiger charge is -2.48. The monoisotopic (exact) mass is 649 g/mol. The lowest BCUT2D eigenvalue weighted by molar-refractivity contribution is -0.256. The summed E-state index contributed by atoms with van der Waals surface area (Å²) < 4.78 is 24.6. The van der Waals surface area contributed by atoms with E-state index in [9.17, 15) is 19.2 Å². The van der Waals surface area contributed by atoms with E-state index in [4.69, 9.17) is 18.9 Å². The van der Waals surface area contributed by atoms with Gasteiger partial charge in [-0.3, -0.25) is 19.2 Å². The lowest BCUT2D eigenvalue weighted by Crippen LogP contribution is -2.64. The van der Waals surface area contributed by atoms with E-state index in [1.54, 1.807) is 68.5 Å². The molecule has 0 aromatic carbocycles. The summed E-state index contributed by atoms with van der Waals surface area (Å²) in [6, 6.07) is -0.195. The molecule has 5 atom stereocenters. The minimum absolute atomic E-state index is 0.0343. The van der Waals surface area contributed by atoms with E-state index < -0.39 is 58.7 Å². The molecule has 0 bridgehead atoms. The van der Waals surface area contributed by atoms with Gasteiger partial charge in [0.1, 0.15) is 0 Å². The van der Waals surface area contributed by atoms with Crippen LogP contribution >= 0.6 is 22.6 Å². The number of allylic oxidation sites excluding steroid dienone is 1. The number of ether oxygens (including phenoxy) is 4. The molecule has 2 heterocycles. The summed E-state index contributed by atoms with van der Waals surface area (Å²) in [5, 5.41) is 0. The van der Waals surface area contributed by atoms with Gasteiger partial charge in [0.05, 0.1) is 26.4 Å². The molecule has 0 radical (unpaired) electrons. The molecule has 0 N–H and O–H groups in total. The fourth-order valence-corrected chi connectivity index (χ4v) is 4.43. The van der Waals surface area contributed by atoms with Crippen molar-refractivity contribution in [3.8, 4) is 0 Å². The van der Waals surface area contributed by atoms with Crippen molar-refractivity contribution < 1.29 is 38.1 Å². The predicted molar refractivity (Wildman–Crippen MR) is 150 cm³/mol. The fraction of sp³-hybridized carbons (Fsp3) is 0.786. The molecule has 2 aliphatic heterocycles. The predicted octanol–water partition coefficient (Wildman–Crippen LogP) is 4.94. The van der Waals surface area contributed by atoms with Crippen molar-refractivity contribution in [2.45, 2.75) is 119 Å². The van der Waals surface area contributed by atoms with Gasteiger partial charge in [-0.05, 0) is 91.3 Å². The van der Waals surface area contributed by atoms with E-state index >= 15 is 0 Å². The Bertz CT molecular complexity index is 940. The minimum atomic E-state index is -1.12. The molecular formula is C28H44INO8. The Hall–Kier alpha value is -1.69. The highest BCUT2D eigenvalue weighted by atomic mass is 127. The van der Waals surface area contributed by atoms with Crippen LogP contribution < -0.4 is 0 Å². The molecular weight excluding hydrogens is 605 g/mol. The molecule has 1 saturated heterocycles. The number of hydrogen-bond donors (Lipinski definition) is 0. The van der Waals surface area contributed by atoms with Crippen LogP contribution in [0.2, 0.25) is 0 Å². The van der Waals surface area contributed by atoms with Crippen molar-refractivity contribution in [3.63, 3.8) is 0 Å². The Balaban J connectivity index is 2.61. The molecule has 0 aromatic heterocycles. The smallest absolute Gasteiger partial charge is 0.311 e. The van der Waals surface area contributed by atoms with Crippen molar-refractivity contribution in [1.82, 2.24) is 4.90 Å². The van der Waals surface area contributed by atoms with Gasteiger partial charge in [-0.25, -0.2) is 0 Å². The summed E-state index contributed by atoms with van der Waals surface area (Å²) in [4.78, 5) is 53.6. The first-order valence-corrected chi connectivity index (χ1v) is 14.3. The number of hydrogen-bond acceptors (Lipinski definition) is 9. The number of ketones is 1. The van der Waals surface area contributed by atoms with Crippen LogP contribution in [0.3, 0.4) is 0 Å². The zero-order chi connectivity index (χ0) is 29.2. The van der Waals surface area contributed by atoms with Crippen LogP contribution in [0.5, 0.6) is 0 Å². The van der Waals surface area contributed by atoms with E-state index in [1.807, 2.05) is 34.4 Å². The molecule has 0 amide bonds. The number of nitrogens with zero attached hydrogens (tertiary/aromatic N) is 1. The van der Waals surface area contributed by atoms with Gasteiger partial charge in [0.15, 0.2) is 30.3 Å². The fourth-order valence-electron chi connectivity index (χ4n) is 3.89. The van der Waals surface area contributed by atoms with Crippen LogP contribution in [0.4, 0.5) is 0 Å². The van der Waals surface area contributed by atoms with E-state index in [0.29, 0.717) is 10.0 Å². The zero-order valence-electron chi connectivity index (χ0n) is 24.4. The molecule has 9 nitrogen and oxygen atoms in total. The largest absolute Gasteiger partial charge is 0.455 e. The van der Waals surface area contributed by atoms with Crippen molar-refractivity contribution in [2.24, 2.45) is 16.2 Å². The van der Waals surface area contributed by atoms with E-state index in [-0.39, 0.29) is 24.9 Å². The van der Waals surface area contributed by atoms with Crippen LogP contribution in [-0.4, -0.2) is 65.8 Å². The van der Waals surface area contributed by atoms with Crippen molar-refractivity contribution in [2.75, 3.05) is 6.61 Å². The van der Waals surface area contributed by atoms with E-state index in [1.165, 1.54) is 0 Å². The molecule has 2 rings (SSSR count). The van der Waals surface area contributed by atoms with Gasteiger partial charge >= 0.3 is 17.9 Å². The molecule has 10 heteroatoms. The van der Waals surface area contributed by atoms with Gasteiger partial charge in [-0.2, -0.15) is 0 Å². The first kappa shape index (κ1) is 32.5. The normalized spacial score (nSPS) is 26.9. The van der Waals surface area contributed by atoms with Crippen LogP contribution in [0.15, 0.2) is 9.78 Å². The Morgan fingerprint density at radius 1 is 0.895 bits per heavy atom. The molecule has 38 heavy (non-hydrogen) atoms. The summed E-state index contributed by atoms with van der Waals surface area (Å²) in [5.41, 5.74) is -2.53. The maximum Gasteiger partial charge on any atom is 0.311 e. The molecule has 0 saturated carbocycles. The third-order valence-corrected chi connectivity index (χ3v) is 7.15. The second-order valence-corrected chi connectivity index (χ2v) is 14.3. The van der Waals surface area contributed by atoms with E-state index in [0.717, 1.165) is 6.42 Å². The summed E-state index contributed by atoms with van der Waals surface area (Å²) >= 11 is 1.99. The summed E-state index contributed by atoms with van der Waals surface area (Å²) in [6.45, 7) is 17.5. The van der Waals surface area contributed by atoms with Gasteiger partial charge in [-0.1, -0.05) is 13.3 Å². The number of rotatable bonds is 6. The number of carbonyl (C=O) groups excluding carboxylic acids is 4. The Morgan fingerprint density at radius 3 is 1.84 bits per heavy atom. The number of halogens is 1. The van der Waals surface area contributed by atoms with Gasteiger partial charge < -0.3 is 23.8 Å². The third kappa shape index (κ3) is 8.16. The third-order valence-electron chi connectivity index (χ3n) is 6.27. The van der Waals surface area contributed by atoms with Crippen LogP contribution in [0.25, 0.3) is 0 Å². The maximum atomic E-state index is 13.2. The maximum absolute atomic E-state index is 13.2. The summed E-state index contributed by atoms with van der Waals surface area (Å²) in [6.07, 6.45) is -0.556. The Kier molecular flexibility index (Phi) is 10.5. The quantitative estimate of drug-likeness (QED) is 0.225. The minimum Gasteiger partial charge on any atom is -0.455 e. The Labute approximate surface area is 240 Å². The number of carbonyl (C=O) groups is 4. The standard InChI is InChI=1S/C28H44INO8/c1-11-12-16-13-18(31)17(29)14-30(16)22-21(38-25(34)28(8,9)10)20(37-24(33)27(5,6)7)19(15-35-22)36-23(32)26(2,3)4/h14,16,19-22H,11-13,15H2,1-10H3/t16-,19+,20+,21-,22-/m0/s1. The van der Waals surface area contributed by atoms with Gasteiger partial charge in [0.2, 0.25) is 0 Å². The average molecular weight is 650 g/mol. The van der Waals surface area contributed by atoms with Crippen molar-refractivity contribution >= 4 is 46.3 Å². The number of esters is 3.